The molecule has 2 heterocycles. The van der Waals surface area contributed by atoms with E-state index in [1.807, 2.05) is 18.7 Å². The maximum absolute atomic E-state index is 13.1. The molecule has 1 atom stereocenters. The standard InChI is InChI=1S/C21H27N3O4/c1-13(2)24-20(27)18(16-6-8-17(9-7-16)22-14(3)26)19(21(24)28)23-10-4-5-15(11-23)12-25/h6-9,13,15,25H,4-5,10-12H2,1-3H3,(H,22,26). The van der Waals surface area contributed by atoms with Gasteiger partial charge in [0.25, 0.3) is 11.8 Å². The number of nitrogens with zero attached hydrogens (tertiary/aromatic N) is 2. The number of rotatable bonds is 5. The van der Waals surface area contributed by atoms with E-state index in [1.165, 1.54) is 11.8 Å². The SMILES string of the molecule is CC(=O)Nc1ccc(C2=C(N3CCCC(CO)C3)C(=O)N(C(C)C)C2=O)cc1. The summed E-state index contributed by atoms with van der Waals surface area (Å²) in [6.07, 6.45) is 1.78. The van der Waals surface area contributed by atoms with Gasteiger partial charge in [-0.2, -0.15) is 0 Å². The van der Waals surface area contributed by atoms with Gasteiger partial charge in [-0.1, -0.05) is 12.1 Å². The molecular formula is C21H27N3O4. The fourth-order valence-corrected chi connectivity index (χ4v) is 3.90. The van der Waals surface area contributed by atoms with Gasteiger partial charge in [-0.05, 0) is 50.3 Å². The Bertz CT molecular complexity index is 813. The van der Waals surface area contributed by atoms with Crippen LogP contribution in [0, 0.1) is 5.92 Å². The fourth-order valence-electron chi connectivity index (χ4n) is 3.90. The molecule has 0 radical (unpaired) electrons. The van der Waals surface area contributed by atoms with Crippen LogP contribution < -0.4 is 5.32 Å². The van der Waals surface area contributed by atoms with E-state index in [0.717, 1.165) is 12.8 Å². The molecule has 1 saturated heterocycles. The Kier molecular flexibility index (Phi) is 5.84. The zero-order valence-corrected chi connectivity index (χ0v) is 16.6. The molecule has 7 nitrogen and oxygen atoms in total. The Morgan fingerprint density at radius 1 is 1.21 bits per heavy atom. The number of aliphatic hydroxyl groups is 1. The number of aliphatic hydroxyl groups excluding tert-OH is 1. The van der Waals surface area contributed by atoms with Gasteiger partial charge >= 0.3 is 0 Å². The van der Waals surface area contributed by atoms with Crippen LogP contribution in [-0.2, 0) is 14.4 Å². The van der Waals surface area contributed by atoms with Crippen LogP contribution in [0.25, 0.3) is 5.57 Å². The molecule has 1 aromatic carbocycles. The van der Waals surface area contributed by atoms with Crippen molar-refractivity contribution in [1.82, 2.24) is 9.80 Å². The highest BCUT2D eigenvalue weighted by molar-refractivity contribution is 6.35. The largest absolute Gasteiger partial charge is 0.396 e. The lowest BCUT2D eigenvalue weighted by Gasteiger charge is -2.34. The van der Waals surface area contributed by atoms with Crippen molar-refractivity contribution in [3.05, 3.63) is 35.5 Å². The summed E-state index contributed by atoms with van der Waals surface area (Å²) >= 11 is 0. The number of piperidine rings is 1. The fraction of sp³-hybridized carbons (Fsp3) is 0.476. The Labute approximate surface area is 165 Å². The van der Waals surface area contributed by atoms with E-state index in [0.29, 0.717) is 35.6 Å². The van der Waals surface area contributed by atoms with E-state index in [-0.39, 0.29) is 36.3 Å². The maximum atomic E-state index is 13.1. The van der Waals surface area contributed by atoms with Crippen molar-refractivity contribution in [2.75, 3.05) is 25.0 Å². The van der Waals surface area contributed by atoms with E-state index >= 15 is 0 Å². The van der Waals surface area contributed by atoms with Crippen molar-refractivity contribution in [3.63, 3.8) is 0 Å². The molecule has 0 saturated carbocycles. The summed E-state index contributed by atoms with van der Waals surface area (Å²) in [5.41, 5.74) is 2.10. The highest BCUT2D eigenvalue weighted by atomic mass is 16.3. The van der Waals surface area contributed by atoms with Crippen LogP contribution in [0.15, 0.2) is 30.0 Å². The van der Waals surface area contributed by atoms with Gasteiger partial charge in [-0.15, -0.1) is 0 Å². The maximum Gasteiger partial charge on any atom is 0.278 e. The van der Waals surface area contributed by atoms with Gasteiger partial charge in [0.05, 0.1) is 5.57 Å². The van der Waals surface area contributed by atoms with Gasteiger partial charge in [0.15, 0.2) is 0 Å². The van der Waals surface area contributed by atoms with E-state index in [1.54, 1.807) is 24.3 Å². The molecule has 0 aliphatic carbocycles. The Morgan fingerprint density at radius 3 is 2.46 bits per heavy atom. The lowest BCUT2D eigenvalue weighted by molar-refractivity contribution is -0.139. The Hall–Kier alpha value is -2.67. The summed E-state index contributed by atoms with van der Waals surface area (Å²) in [7, 11) is 0. The minimum Gasteiger partial charge on any atom is -0.396 e. The zero-order chi connectivity index (χ0) is 20.4. The average Bonchev–Trinajstić information content (AvgIpc) is 2.92. The molecule has 3 rings (SSSR count). The van der Waals surface area contributed by atoms with Crippen LogP contribution in [0.4, 0.5) is 5.69 Å². The number of anilines is 1. The van der Waals surface area contributed by atoms with Crippen LogP contribution in [0.5, 0.6) is 0 Å². The number of likely N-dealkylation sites (tertiary alicyclic amines) is 1. The third-order valence-corrected chi connectivity index (χ3v) is 5.19. The second-order valence-electron chi connectivity index (χ2n) is 7.69. The van der Waals surface area contributed by atoms with Crippen molar-refractivity contribution in [2.24, 2.45) is 5.92 Å². The molecule has 0 spiro atoms. The van der Waals surface area contributed by atoms with Crippen LogP contribution in [0.3, 0.4) is 0 Å². The predicted octanol–water partition coefficient (Wildman–Crippen LogP) is 1.84. The van der Waals surface area contributed by atoms with Gasteiger partial charge in [0.2, 0.25) is 5.91 Å². The number of hydrogen-bond acceptors (Lipinski definition) is 5. The van der Waals surface area contributed by atoms with Crippen LogP contribution in [0.1, 0.15) is 39.2 Å². The number of carbonyl (C=O) groups excluding carboxylic acids is 3. The van der Waals surface area contributed by atoms with E-state index in [4.69, 9.17) is 0 Å². The molecule has 0 aromatic heterocycles. The predicted molar refractivity (Wildman–Crippen MR) is 106 cm³/mol. The normalized spacial score (nSPS) is 20.4. The Balaban J connectivity index is 2.03. The smallest absolute Gasteiger partial charge is 0.278 e. The van der Waals surface area contributed by atoms with Crippen molar-refractivity contribution >= 4 is 29.0 Å². The molecule has 1 aromatic rings. The Morgan fingerprint density at radius 2 is 1.89 bits per heavy atom. The van der Waals surface area contributed by atoms with Crippen LogP contribution in [-0.4, -0.2) is 58.4 Å². The lowest BCUT2D eigenvalue weighted by atomic mass is 9.97. The summed E-state index contributed by atoms with van der Waals surface area (Å²) in [4.78, 5) is 40.7. The summed E-state index contributed by atoms with van der Waals surface area (Å²) in [6, 6.07) is 6.71. The van der Waals surface area contributed by atoms with Gasteiger partial charge < -0.3 is 15.3 Å². The molecule has 2 N–H and O–H groups in total. The highest BCUT2D eigenvalue weighted by Crippen LogP contribution is 2.35. The van der Waals surface area contributed by atoms with Crippen molar-refractivity contribution < 1.29 is 19.5 Å². The first-order valence-corrected chi connectivity index (χ1v) is 9.69. The van der Waals surface area contributed by atoms with Crippen molar-refractivity contribution in [2.45, 2.75) is 39.7 Å². The van der Waals surface area contributed by atoms with Crippen LogP contribution >= 0.6 is 0 Å². The number of hydrogen-bond donors (Lipinski definition) is 2. The third kappa shape index (κ3) is 3.80. The van der Waals surface area contributed by atoms with E-state index in [9.17, 15) is 19.5 Å². The minimum absolute atomic E-state index is 0.0700. The molecule has 1 unspecified atom stereocenters. The van der Waals surface area contributed by atoms with Gasteiger partial charge in [0.1, 0.15) is 5.70 Å². The molecule has 28 heavy (non-hydrogen) atoms. The lowest BCUT2D eigenvalue weighted by Crippen LogP contribution is -2.42. The van der Waals surface area contributed by atoms with Gasteiger partial charge in [0, 0.05) is 38.3 Å². The third-order valence-electron chi connectivity index (χ3n) is 5.19. The second kappa shape index (κ2) is 8.14. The van der Waals surface area contributed by atoms with Crippen molar-refractivity contribution in [3.8, 4) is 0 Å². The monoisotopic (exact) mass is 385 g/mol. The highest BCUT2D eigenvalue weighted by Gasteiger charge is 2.43. The van der Waals surface area contributed by atoms with Gasteiger partial charge in [-0.3, -0.25) is 19.3 Å². The summed E-state index contributed by atoms with van der Waals surface area (Å²) in [6.45, 7) is 6.39. The number of nitrogens with one attached hydrogen (secondary N) is 1. The number of amides is 3. The average molecular weight is 385 g/mol. The molecule has 2 aliphatic rings. The molecule has 3 amide bonds. The summed E-state index contributed by atoms with van der Waals surface area (Å²) in [5, 5.41) is 12.3. The van der Waals surface area contributed by atoms with Gasteiger partial charge in [-0.25, -0.2) is 0 Å². The number of benzene rings is 1. The summed E-state index contributed by atoms with van der Waals surface area (Å²) in [5.74, 6) is -0.650. The molecule has 7 heteroatoms. The zero-order valence-electron chi connectivity index (χ0n) is 16.6. The molecule has 1 fully saturated rings. The first-order chi connectivity index (χ1) is 13.3. The van der Waals surface area contributed by atoms with E-state index < -0.39 is 0 Å². The quantitative estimate of drug-likeness (QED) is 0.755. The molecule has 150 valence electrons. The molecule has 0 bridgehead atoms. The topological polar surface area (TPSA) is 90.0 Å². The first-order valence-electron chi connectivity index (χ1n) is 9.69. The second-order valence-corrected chi connectivity index (χ2v) is 7.69. The minimum atomic E-state index is -0.298. The van der Waals surface area contributed by atoms with E-state index in [2.05, 4.69) is 5.32 Å². The number of imide groups is 1. The van der Waals surface area contributed by atoms with Crippen LogP contribution in [0.2, 0.25) is 0 Å². The first kappa shape index (κ1) is 20.1. The summed E-state index contributed by atoms with van der Waals surface area (Å²) < 4.78 is 0. The number of carbonyl (C=O) groups is 3. The molecule has 2 aliphatic heterocycles. The van der Waals surface area contributed by atoms with Crippen molar-refractivity contribution in [1.29, 1.82) is 0 Å². The molecular weight excluding hydrogens is 358 g/mol.